The number of carboxylic acids is 1. The predicted molar refractivity (Wildman–Crippen MR) is 91.2 cm³/mol. The summed E-state index contributed by atoms with van der Waals surface area (Å²) in [5, 5.41) is 29.6. The lowest BCUT2D eigenvalue weighted by atomic mass is 9.51. The van der Waals surface area contributed by atoms with E-state index in [1.165, 1.54) is 6.92 Å². The van der Waals surface area contributed by atoms with E-state index in [1.54, 1.807) is 6.92 Å². The zero-order valence-corrected chi connectivity index (χ0v) is 15.5. The fourth-order valence-corrected chi connectivity index (χ4v) is 5.04. The van der Waals surface area contributed by atoms with E-state index in [2.05, 4.69) is 6.58 Å². The monoisotopic (exact) mass is 382 g/mol. The van der Waals surface area contributed by atoms with E-state index in [-0.39, 0.29) is 25.0 Å². The average molecular weight is 382 g/mol. The molecule has 27 heavy (non-hydrogen) atoms. The smallest absolute Gasteiger partial charge is 0.334 e. The Morgan fingerprint density at radius 2 is 2.07 bits per heavy atom. The molecule has 3 fully saturated rings. The van der Waals surface area contributed by atoms with E-state index in [4.69, 9.17) is 9.47 Å². The number of ether oxygens (including phenoxy) is 2. The van der Waals surface area contributed by atoms with Gasteiger partial charge in [-0.25, -0.2) is 4.79 Å². The van der Waals surface area contributed by atoms with E-state index < -0.39 is 65.3 Å². The number of carbonyl (C=O) groups is 3. The van der Waals surface area contributed by atoms with Gasteiger partial charge in [0.1, 0.15) is 12.2 Å². The van der Waals surface area contributed by atoms with E-state index in [0.29, 0.717) is 6.42 Å². The molecule has 0 amide bonds. The number of carboxylic acid groups (broad SMARTS) is 1. The third-order valence-electron chi connectivity index (χ3n) is 6.63. The SMILES string of the molecule is C=C1C(=O)O[C@H]2[C@H]1[C@@H](OC(=O)[C@@H](C)CO)C[C@]1(C)[C@@H]2[C@@H](C(=O)O)CC[C@H]1O. The van der Waals surface area contributed by atoms with Crippen molar-refractivity contribution in [3.05, 3.63) is 12.2 Å². The molecule has 0 spiro atoms. The average Bonchev–Trinajstić information content (AvgIpc) is 2.90. The largest absolute Gasteiger partial charge is 0.481 e. The van der Waals surface area contributed by atoms with Gasteiger partial charge in [-0.05, 0) is 26.2 Å². The summed E-state index contributed by atoms with van der Waals surface area (Å²) < 4.78 is 11.1. The first-order chi connectivity index (χ1) is 12.6. The highest BCUT2D eigenvalue weighted by Gasteiger charge is 2.64. The van der Waals surface area contributed by atoms with Crippen LogP contribution in [0, 0.1) is 29.1 Å². The molecule has 0 bridgehead atoms. The first-order valence-corrected chi connectivity index (χ1v) is 9.23. The summed E-state index contributed by atoms with van der Waals surface area (Å²) in [7, 11) is 0. The Bertz CT molecular complexity index is 673. The summed E-state index contributed by atoms with van der Waals surface area (Å²) in [5.41, 5.74) is -0.735. The van der Waals surface area contributed by atoms with Gasteiger partial charge < -0.3 is 24.8 Å². The van der Waals surface area contributed by atoms with Gasteiger partial charge >= 0.3 is 17.9 Å². The van der Waals surface area contributed by atoms with Gasteiger partial charge in [0.2, 0.25) is 0 Å². The molecule has 0 aromatic rings. The van der Waals surface area contributed by atoms with Gasteiger partial charge in [0.25, 0.3) is 0 Å². The van der Waals surface area contributed by atoms with Gasteiger partial charge in [-0.1, -0.05) is 13.5 Å². The lowest BCUT2D eigenvalue weighted by Gasteiger charge is -2.55. The fraction of sp³-hybridized carbons (Fsp3) is 0.737. The Morgan fingerprint density at radius 3 is 2.67 bits per heavy atom. The van der Waals surface area contributed by atoms with Crippen molar-refractivity contribution in [1.29, 1.82) is 0 Å². The minimum Gasteiger partial charge on any atom is -0.481 e. The molecule has 0 unspecified atom stereocenters. The number of hydrogen-bond donors (Lipinski definition) is 3. The van der Waals surface area contributed by atoms with E-state index >= 15 is 0 Å². The molecule has 3 N–H and O–H groups in total. The van der Waals surface area contributed by atoms with Crippen LogP contribution in [0.5, 0.6) is 0 Å². The highest BCUT2D eigenvalue weighted by Crippen LogP contribution is 2.58. The topological polar surface area (TPSA) is 130 Å². The maximum atomic E-state index is 12.2. The lowest BCUT2D eigenvalue weighted by Crippen LogP contribution is -2.61. The highest BCUT2D eigenvalue weighted by atomic mass is 16.6. The van der Waals surface area contributed by atoms with Gasteiger partial charge in [-0.2, -0.15) is 0 Å². The Morgan fingerprint density at radius 1 is 1.41 bits per heavy atom. The first-order valence-electron chi connectivity index (χ1n) is 9.23. The van der Waals surface area contributed by atoms with E-state index in [0.717, 1.165) is 0 Å². The molecule has 2 aliphatic carbocycles. The highest BCUT2D eigenvalue weighted by molar-refractivity contribution is 5.91. The van der Waals surface area contributed by atoms with Crippen LogP contribution in [0.25, 0.3) is 0 Å². The van der Waals surface area contributed by atoms with Crippen LogP contribution in [0.1, 0.15) is 33.1 Å². The summed E-state index contributed by atoms with van der Waals surface area (Å²) in [6.45, 7) is 6.68. The van der Waals surface area contributed by atoms with E-state index in [1.807, 2.05) is 0 Å². The van der Waals surface area contributed by atoms with Gasteiger partial charge in [-0.3, -0.25) is 9.59 Å². The van der Waals surface area contributed by atoms with Crippen molar-refractivity contribution >= 4 is 17.9 Å². The minimum absolute atomic E-state index is 0.153. The van der Waals surface area contributed by atoms with Crippen molar-refractivity contribution < 1.29 is 39.2 Å². The molecule has 150 valence electrons. The molecular weight excluding hydrogens is 356 g/mol. The quantitative estimate of drug-likeness (QED) is 0.473. The molecule has 1 saturated heterocycles. The van der Waals surface area contributed by atoms with Crippen LogP contribution in [-0.2, 0) is 23.9 Å². The van der Waals surface area contributed by atoms with Crippen molar-refractivity contribution in [2.24, 2.45) is 29.1 Å². The van der Waals surface area contributed by atoms with Crippen molar-refractivity contribution in [2.45, 2.75) is 51.4 Å². The second kappa shape index (κ2) is 6.91. The second-order valence-electron chi connectivity index (χ2n) is 8.25. The molecule has 1 heterocycles. The Hall–Kier alpha value is -1.93. The Kier molecular flexibility index (Phi) is 5.07. The second-order valence-corrected chi connectivity index (χ2v) is 8.25. The van der Waals surface area contributed by atoms with Gasteiger partial charge in [0.15, 0.2) is 0 Å². The molecule has 3 rings (SSSR count). The van der Waals surface area contributed by atoms with Crippen LogP contribution in [0.3, 0.4) is 0 Å². The standard InChI is InChI=1S/C19H26O8/c1-8(7-20)17(24)26-11-6-19(3)12(21)5-4-10(16(22)23)14(19)15-13(11)9(2)18(25)27-15/h8,10-15,20-21H,2,4-7H2,1,3H3,(H,22,23)/t8-,10-,11-,12+,13+,14+,15-,19-/m0/s1. The number of fused-ring (bicyclic) bond motifs is 3. The molecule has 1 aliphatic heterocycles. The van der Waals surface area contributed by atoms with Crippen LogP contribution in [0.2, 0.25) is 0 Å². The lowest BCUT2D eigenvalue weighted by molar-refractivity contribution is -0.204. The molecule has 3 aliphatic rings. The first kappa shape index (κ1) is 19.8. The molecule has 0 aromatic heterocycles. The van der Waals surface area contributed by atoms with Crippen molar-refractivity contribution in [2.75, 3.05) is 6.61 Å². The number of carbonyl (C=O) groups excluding carboxylic acids is 2. The molecule has 0 aromatic carbocycles. The van der Waals surface area contributed by atoms with Crippen LogP contribution in [0.4, 0.5) is 0 Å². The van der Waals surface area contributed by atoms with Gasteiger partial charge in [0.05, 0.1) is 30.5 Å². The summed E-state index contributed by atoms with van der Waals surface area (Å²) in [4.78, 5) is 36.3. The van der Waals surface area contributed by atoms with Crippen LogP contribution >= 0.6 is 0 Å². The normalized spacial score (nSPS) is 41.9. The zero-order valence-electron chi connectivity index (χ0n) is 15.5. The van der Waals surface area contributed by atoms with Crippen LogP contribution in [-0.4, -0.2) is 58.1 Å². The summed E-state index contributed by atoms with van der Waals surface area (Å²) in [6, 6.07) is 0. The summed E-state index contributed by atoms with van der Waals surface area (Å²) >= 11 is 0. The number of aliphatic hydroxyl groups is 2. The number of aliphatic carboxylic acids is 1. The molecule has 8 atom stereocenters. The third kappa shape index (κ3) is 3.04. The Balaban J connectivity index is 2.00. The maximum absolute atomic E-state index is 12.2. The van der Waals surface area contributed by atoms with Crippen LogP contribution in [0.15, 0.2) is 12.2 Å². The van der Waals surface area contributed by atoms with Crippen molar-refractivity contribution in [1.82, 2.24) is 0 Å². The number of aliphatic hydroxyl groups excluding tert-OH is 2. The summed E-state index contributed by atoms with van der Waals surface area (Å²) in [5.74, 6) is -4.99. The van der Waals surface area contributed by atoms with Crippen molar-refractivity contribution in [3.63, 3.8) is 0 Å². The minimum atomic E-state index is -0.991. The molecular formula is C19H26O8. The van der Waals surface area contributed by atoms with Crippen molar-refractivity contribution in [3.8, 4) is 0 Å². The molecule has 0 radical (unpaired) electrons. The van der Waals surface area contributed by atoms with Gasteiger partial charge in [0, 0.05) is 16.9 Å². The number of esters is 2. The Labute approximate surface area is 157 Å². The number of rotatable bonds is 4. The fourth-order valence-electron chi connectivity index (χ4n) is 5.04. The molecule has 8 nitrogen and oxygen atoms in total. The predicted octanol–water partition coefficient (Wildman–Crippen LogP) is 0.506. The van der Waals surface area contributed by atoms with Crippen LogP contribution < -0.4 is 0 Å². The third-order valence-corrected chi connectivity index (χ3v) is 6.63. The number of hydrogen-bond acceptors (Lipinski definition) is 7. The van der Waals surface area contributed by atoms with Gasteiger partial charge in [-0.15, -0.1) is 0 Å². The molecule has 8 heteroatoms. The summed E-state index contributed by atoms with van der Waals surface area (Å²) in [6.07, 6.45) is -1.60. The zero-order chi connectivity index (χ0) is 20.1. The van der Waals surface area contributed by atoms with E-state index in [9.17, 15) is 29.7 Å². The molecule has 2 saturated carbocycles. The maximum Gasteiger partial charge on any atom is 0.334 e.